The van der Waals surface area contributed by atoms with Gasteiger partial charge in [0.15, 0.2) is 5.11 Å². The fraction of sp³-hybridized carbons (Fsp3) is 0.529. The lowest BCUT2D eigenvalue weighted by Gasteiger charge is -2.13. The fourth-order valence-electron chi connectivity index (χ4n) is 2.02. The average molecular weight is 386 g/mol. The molecular formula is C17H27N3O3S2. The molecule has 0 spiro atoms. The molecule has 1 unspecified atom stereocenters. The lowest BCUT2D eigenvalue weighted by Crippen LogP contribution is -2.34. The van der Waals surface area contributed by atoms with E-state index in [1.54, 1.807) is 12.1 Å². The summed E-state index contributed by atoms with van der Waals surface area (Å²) in [6.45, 7) is 5.80. The van der Waals surface area contributed by atoms with Crippen LogP contribution in [-0.2, 0) is 14.8 Å². The molecule has 8 heteroatoms. The molecule has 0 aliphatic heterocycles. The third kappa shape index (κ3) is 7.94. The summed E-state index contributed by atoms with van der Waals surface area (Å²) in [4.78, 5) is 11.9. The van der Waals surface area contributed by atoms with E-state index in [9.17, 15) is 13.2 Å². The van der Waals surface area contributed by atoms with E-state index in [-0.39, 0.29) is 22.0 Å². The van der Waals surface area contributed by atoms with Crippen molar-refractivity contribution in [3.63, 3.8) is 0 Å². The number of nitrogens with one attached hydrogen (secondary N) is 3. The largest absolute Gasteiger partial charge is 0.332 e. The van der Waals surface area contributed by atoms with Crippen molar-refractivity contribution < 1.29 is 13.2 Å². The second-order valence-corrected chi connectivity index (χ2v) is 8.04. The Morgan fingerprint density at radius 1 is 1.16 bits per heavy atom. The quantitative estimate of drug-likeness (QED) is 0.449. The minimum atomic E-state index is -3.53. The van der Waals surface area contributed by atoms with Crippen LogP contribution >= 0.6 is 12.2 Å². The van der Waals surface area contributed by atoms with Gasteiger partial charge < -0.3 is 10.6 Å². The first kappa shape index (κ1) is 21.5. The Morgan fingerprint density at radius 3 is 2.36 bits per heavy atom. The molecule has 0 bridgehead atoms. The van der Waals surface area contributed by atoms with Gasteiger partial charge in [0.1, 0.15) is 0 Å². The predicted octanol–water partition coefficient (Wildman–Crippen LogP) is 3.16. The van der Waals surface area contributed by atoms with E-state index in [0.29, 0.717) is 18.5 Å². The second-order valence-electron chi connectivity index (χ2n) is 5.91. The van der Waals surface area contributed by atoms with Crippen LogP contribution in [-0.4, -0.2) is 25.5 Å². The Morgan fingerprint density at radius 2 is 1.80 bits per heavy atom. The van der Waals surface area contributed by atoms with Crippen LogP contribution in [0.15, 0.2) is 29.2 Å². The van der Waals surface area contributed by atoms with E-state index in [1.807, 2.05) is 13.8 Å². The third-order valence-electron chi connectivity index (χ3n) is 3.65. The van der Waals surface area contributed by atoms with E-state index in [1.165, 1.54) is 12.1 Å². The topological polar surface area (TPSA) is 87.3 Å². The van der Waals surface area contributed by atoms with Crippen LogP contribution in [0.4, 0.5) is 5.69 Å². The zero-order valence-corrected chi connectivity index (χ0v) is 16.6. The number of carbonyl (C=O) groups is 1. The Bertz CT molecular complexity index is 673. The molecule has 1 amide bonds. The maximum atomic E-state index is 12.2. The Labute approximate surface area is 155 Å². The molecular weight excluding hydrogens is 358 g/mol. The number of unbranched alkanes of at least 4 members (excludes halogenated alkanes) is 2. The standard InChI is InChI=1S/C17H27N3O3S2/c1-4-6-7-8-16(21)19-17(24)18-14-9-11-15(12-10-14)25(22,23)20-13(3)5-2/h9-13,20H,4-8H2,1-3H3,(H2,18,19,21,24). The van der Waals surface area contributed by atoms with Crippen molar-refractivity contribution in [3.05, 3.63) is 24.3 Å². The van der Waals surface area contributed by atoms with Gasteiger partial charge in [0.25, 0.3) is 0 Å². The zero-order valence-electron chi connectivity index (χ0n) is 15.0. The van der Waals surface area contributed by atoms with Crippen molar-refractivity contribution in [1.29, 1.82) is 0 Å². The highest BCUT2D eigenvalue weighted by Gasteiger charge is 2.16. The van der Waals surface area contributed by atoms with Crippen LogP contribution in [0.3, 0.4) is 0 Å². The molecule has 1 atom stereocenters. The van der Waals surface area contributed by atoms with Crippen LogP contribution in [0, 0.1) is 0 Å². The molecule has 0 saturated heterocycles. The number of amides is 1. The number of carbonyl (C=O) groups excluding carboxylic acids is 1. The molecule has 1 aromatic carbocycles. The van der Waals surface area contributed by atoms with Gasteiger partial charge in [0.05, 0.1) is 4.90 Å². The van der Waals surface area contributed by atoms with Gasteiger partial charge in [-0.25, -0.2) is 13.1 Å². The summed E-state index contributed by atoms with van der Waals surface area (Å²) in [6, 6.07) is 6.09. The highest BCUT2D eigenvalue weighted by molar-refractivity contribution is 7.89. The Hall–Kier alpha value is -1.51. The van der Waals surface area contributed by atoms with Crippen molar-refractivity contribution in [1.82, 2.24) is 10.0 Å². The number of benzene rings is 1. The monoisotopic (exact) mass is 385 g/mol. The lowest BCUT2D eigenvalue weighted by molar-refractivity contribution is -0.119. The number of rotatable bonds is 9. The van der Waals surface area contributed by atoms with E-state index >= 15 is 0 Å². The normalized spacial score (nSPS) is 12.4. The second kappa shape index (κ2) is 10.5. The molecule has 1 aromatic rings. The van der Waals surface area contributed by atoms with Crippen LogP contribution in [0.5, 0.6) is 0 Å². The van der Waals surface area contributed by atoms with E-state index in [0.717, 1.165) is 19.3 Å². The summed E-state index contributed by atoms with van der Waals surface area (Å²) in [6.07, 6.45) is 4.05. The van der Waals surface area contributed by atoms with E-state index < -0.39 is 10.0 Å². The van der Waals surface area contributed by atoms with E-state index in [4.69, 9.17) is 12.2 Å². The van der Waals surface area contributed by atoms with Crippen LogP contribution < -0.4 is 15.4 Å². The molecule has 0 aliphatic rings. The summed E-state index contributed by atoms with van der Waals surface area (Å²) >= 11 is 5.10. The van der Waals surface area contributed by atoms with Gasteiger partial charge >= 0.3 is 0 Å². The molecule has 0 saturated carbocycles. The van der Waals surface area contributed by atoms with Crippen molar-refractivity contribution >= 4 is 38.9 Å². The van der Waals surface area contributed by atoms with Gasteiger partial charge in [-0.3, -0.25) is 4.79 Å². The van der Waals surface area contributed by atoms with E-state index in [2.05, 4.69) is 22.3 Å². The zero-order chi connectivity index (χ0) is 18.9. The van der Waals surface area contributed by atoms with Crippen LogP contribution in [0.1, 0.15) is 52.9 Å². The van der Waals surface area contributed by atoms with Crippen molar-refractivity contribution in [3.8, 4) is 0 Å². The van der Waals surface area contributed by atoms with Gasteiger partial charge in [-0.1, -0.05) is 26.7 Å². The van der Waals surface area contributed by atoms with Crippen LogP contribution in [0.25, 0.3) is 0 Å². The molecule has 0 fully saturated rings. The third-order valence-corrected chi connectivity index (χ3v) is 5.46. The van der Waals surface area contributed by atoms with Gasteiger partial charge in [0.2, 0.25) is 15.9 Å². The first-order valence-electron chi connectivity index (χ1n) is 8.51. The van der Waals surface area contributed by atoms with Gasteiger partial charge in [-0.2, -0.15) is 0 Å². The number of hydrogen-bond acceptors (Lipinski definition) is 4. The molecule has 1 rings (SSSR count). The Balaban J connectivity index is 2.59. The predicted molar refractivity (Wildman–Crippen MR) is 105 cm³/mol. The van der Waals surface area contributed by atoms with Crippen LogP contribution in [0.2, 0.25) is 0 Å². The molecule has 0 aromatic heterocycles. The van der Waals surface area contributed by atoms with Crippen molar-refractivity contribution in [2.24, 2.45) is 0 Å². The summed E-state index contributed by atoms with van der Waals surface area (Å²) in [5.74, 6) is -0.122. The summed E-state index contributed by atoms with van der Waals surface area (Å²) in [5.41, 5.74) is 0.612. The number of hydrogen-bond donors (Lipinski definition) is 3. The summed E-state index contributed by atoms with van der Waals surface area (Å²) in [5, 5.41) is 5.70. The fourth-order valence-corrected chi connectivity index (χ4v) is 3.58. The minimum Gasteiger partial charge on any atom is -0.332 e. The molecule has 0 aliphatic carbocycles. The molecule has 0 radical (unpaired) electrons. The first-order valence-corrected chi connectivity index (χ1v) is 10.4. The smallest absolute Gasteiger partial charge is 0.240 e. The maximum absolute atomic E-state index is 12.2. The first-order chi connectivity index (χ1) is 11.8. The molecule has 3 N–H and O–H groups in total. The van der Waals surface area contributed by atoms with Gasteiger partial charge in [-0.05, 0) is 56.2 Å². The summed E-state index contributed by atoms with van der Waals surface area (Å²) < 4.78 is 27.0. The molecule has 140 valence electrons. The Kier molecular flexibility index (Phi) is 9.02. The summed E-state index contributed by atoms with van der Waals surface area (Å²) in [7, 11) is -3.53. The number of anilines is 1. The lowest BCUT2D eigenvalue weighted by atomic mass is 10.2. The van der Waals surface area contributed by atoms with Crippen molar-refractivity contribution in [2.45, 2.75) is 63.8 Å². The molecule has 0 heterocycles. The minimum absolute atomic E-state index is 0.122. The molecule has 6 nitrogen and oxygen atoms in total. The SMILES string of the molecule is CCCCCC(=O)NC(=S)Nc1ccc(S(=O)(=O)NC(C)CC)cc1. The maximum Gasteiger partial charge on any atom is 0.240 e. The highest BCUT2D eigenvalue weighted by Crippen LogP contribution is 2.14. The number of sulfonamides is 1. The van der Waals surface area contributed by atoms with Gasteiger partial charge in [0, 0.05) is 18.2 Å². The van der Waals surface area contributed by atoms with Gasteiger partial charge in [-0.15, -0.1) is 0 Å². The number of thiocarbonyl (C=S) groups is 1. The molecule has 25 heavy (non-hydrogen) atoms. The van der Waals surface area contributed by atoms with Crippen molar-refractivity contribution in [2.75, 3.05) is 5.32 Å². The highest BCUT2D eigenvalue weighted by atomic mass is 32.2. The average Bonchev–Trinajstić information content (AvgIpc) is 2.55.